The molecule has 0 aromatic heterocycles. The smallest absolute Gasteiger partial charge is 0.279 e. The highest BCUT2D eigenvalue weighted by atomic mass is 16.2. The molecule has 0 aliphatic heterocycles. The Bertz CT molecular complexity index is 802. The van der Waals surface area contributed by atoms with Crippen molar-refractivity contribution in [1.82, 2.24) is 5.32 Å². The predicted molar refractivity (Wildman–Crippen MR) is 118 cm³/mol. The Morgan fingerprint density at radius 3 is 2.24 bits per heavy atom. The van der Waals surface area contributed by atoms with E-state index in [1.807, 2.05) is 38.1 Å². The second-order valence-electron chi connectivity index (χ2n) is 7.60. The average molecular weight is 397 g/mol. The number of hydrogen-bond donors (Lipinski definition) is 3. The van der Waals surface area contributed by atoms with Crippen LogP contribution in [0.4, 0.5) is 5.69 Å². The van der Waals surface area contributed by atoms with E-state index in [1.54, 1.807) is 0 Å². The molecule has 0 saturated heterocycles. The summed E-state index contributed by atoms with van der Waals surface area (Å²) in [7, 11) is 0. The van der Waals surface area contributed by atoms with Gasteiger partial charge in [0.15, 0.2) is 13.1 Å². The molecule has 5 nitrogen and oxygen atoms in total. The van der Waals surface area contributed by atoms with E-state index in [9.17, 15) is 9.59 Å². The van der Waals surface area contributed by atoms with Crippen molar-refractivity contribution in [3.63, 3.8) is 0 Å². The van der Waals surface area contributed by atoms with Crippen LogP contribution in [0, 0.1) is 6.92 Å². The summed E-state index contributed by atoms with van der Waals surface area (Å²) in [5, 5.41) is 6.02. The standard InChI is InChI=1S/C24H33N3O2/c1-5-15-27(17-24(29)26-22-10-8-7-9-18(22)3)16-23(28)25-19(4)21-13-11-20(6-2)12-14-21/h7-14,19H,5-6,15-17H2,1-4H3,(H,25,28)(H,26,29)/p+1/t19-/m0/s1. The number of rotatable bonds is 10. The minimum Gasteiger partial charge on any atom is -0.345 e. The summed E-state index contributed by atoms with van der Waals surface area (Å²) in [6, 6.07) is 16.0. The van der Waals surface area contributed by atoms with Crippen molar-refractivity contribution in [2.75, 3.05) is 25.0 Å². The summed E-state index contributed by atoms with van der Waals surface area (Å²) in [6.07, 6.45) is 1.91. The lowest BCUT2D eigenvalue weighted by Gasteiger charge is -2.20. The van der Waals surface area contributed by atoms with Gasteiger partial charge in [-0.15, -0.1) is 0 Å². The van der Waals surface area contributed by atoms with Crippen molar-refractivity contribution < 1.29 is 14.5 Å². The number of hydrogen-bond acceptors (Lipinski definition) is 2. The number of quaternary nitrogens is 1. The molecule has 2 atom stereocenters. The molecule has 156 valence electrons. The fraction of sp³-hybridized carbons (Fsp3) is 0.417. The minimum atomic E-state index is -0.0706. The number of carbonyl (C=O) groups is 2. The van der Waals surface area contributed by atoms with Crippen LogP contribution < -0.4 is 15.5 Å². The Morgan fingerprint density at radius 1 is 0.966 bits per heavy atom. The molecule has 1 unspecified atom stereocenters. The number of para-hydroxylation sites is 1. The predicted octanol–water partition coefficient (Wildman–Crippen LogP) is 2.67. The van der Waals surface area contributed by atoms with E-state index in [0.29, 0.717) is 0 Å². The van der Waals surface area contributed by atoms with E-state index in [0.717, 1.165) is 41.1 Å². The number of anilines is 1. The van der Waals surface area contributed by atoms with Crippen LogP contribution in [0.2, 0.25) is 0 Å². The van der Waals surface area contributed by atoms with E-state index in [1.165, 1.54) is 5.56 Å². The van der Waals surface area contributed by atoms with E-state index >= 15 is 0 Å². The van der Waals surface area contributed by atoms with Crippen LogP contribution in [-0.2, 0) is 16.0 Å². The van der Waals surface area contributed by atoms with Crippen LogP contribution in [0.5, 0.6) is 0 Å². The Labute approximate surface area is 174 Å². The van der Waals surface area contributed by atoms with Gasteiger partial charge in [0, 0.05) is 5.69 Å². The van der Waals surface area contributed by atoms with Crippen LogP contribution in [0.3, 0.4) is 0 Å². The Morgan fingerprint density at radius 2 is 1.62 bits per heavy atom. The third-order valence-electron chi connectivity index (χ3n) is 5.11. The molecular weight excluding hydrogens is 362 g/mol. The number of carbonyl (C=O) groups excluding carboxylic acids is 2. The van der Waals surface area contributed by atoms with Crippen LogP contribution in [-0.4, -0.2) is 31.4 Å². The highest BCUT2D eigenvalue weighted by molar-refractivity contribution is 5.92. The van der Waals surface area contributed by atoms with Gasteiger partial charge in [-0.05, 0) is 49.4 Å². The molecule has 3 N–H and O–H groups in total. The van der Waals surface area contributed by atoms with E-state index in [2.05, 4.69) is 48.7 Å². The maximum absolute atomic E-state index is 12.6. The molecule has 2 aromatic rings. The van der Waals surface area contributed by atoms with E-state index < -0.39 is 0 Å². The van der Waals surface area contributed by atoms with Gasteiger partial charge in [-0.2, -0.15) is 0 Å². The van der Waals surface area contributed by atoms with Crippen molar-refractivity contribution in [2.45, 2.75) is 46.6 Å². The molecule has 0 fully saturated rings. The van der Waals surface area contributed by atoms with Gasteiger partial charge in [0.2, 0.25) is 0 Å². The lowest BCUT2D eigenvalue weighted by molar-refractivity contribution is -0.883. The topological polar surface area (TPSA) is 62.6 Å². The van der Waals surface area contributed by atoms with Crippen LogP contribution in [0.25, 0.3) is 0 Å². The van der Waals surface area contributed by atoms with Gasteiger partial charge in [0.25, 0.3) is 11.8 Å². The van der Waals surface area contributed by atoms with Crippen LogP contribution >= 0.6 is 0 Å². The molecule has 0 aliphatic rings. The minimum absolute atomic E-state index is 0.0378. The molecule has 0 spiro atoms. The highest BCUT2D eigenvalue weighted by Gasteiger charge is 2.19. The van der Waals surface area contributed by atoms with Gasteiger partial charge in [0.05, 0.1) is 12.6 Å². The van der Waals surface area contributed by atoms with Crippen molar-refractivity contribution in [3.05, 3.63) is 65.2 Å². The van der Waals surface area contributed by atoms with Crippen LogP contribution in [0.15, 0.2) is 48.5 Å². The number of benzene rings is 2. The zero-order chi connectivity index (χ0) is 21.2. The second-order valence-corrected chi connectivity index (χ2v) is 7.60. The summed E-state index contributed by atoms with van der Waals surface area (Å²) in [4.78, 5) is 26.0. The third kappa shape index (κ3) is 7.35. The van der Waals surface area contributed by atoms with Gasteiger partial charge in [-0.1, -0.05) is 56.3 Å². The van der Waals surface area contributed by atoms with Crippen molar-refractivity contribution in [2.24, 2.45) is 0 Å². The van der Waals surface area contributed by atoms with E-state index in [4.69, 9.17) is 0 Å². The normalized spacial score (nSPS) is 12.8. The molecule has 0 heterocycles. The van der Waals surface area contributed by atoms with E-state index in [-0.39, 0.29) is 30.9 Å². The Hall–Kier alpha value is -2.66. The Balaban J connectivity index is 1.90. The molecule has 0 radical (unpaired) electrons. The average Bonchev–Trinajstić information content (AvgIpc) is 2.69. The lowest BCUT2D eigenvalue weighted by atomic mass is 10.1. The first-order chi connectivity index (χ1) is 13.9. The Kier molecular flexibility index (Phi) is 8.87. The van der Waals surface area contributed by atoms with Gasteiger partial charge >= 0.3 is 0 Å². The SMILES string of the molecule is CCC[NH+](CC(=O)Nc1ccccc1C)CC(=O)N[C@@H](C)c1ccc(CC)cc1. The summed E-state index contributed by atoms with van der Waals surface area (Å²) in [5.74, 6) is -0.108. The largest absolute Gasteiger partial charge is 0.345 e. The first kappa shape index (κ1) is 22.6. The lowest BCUT2D eigenvalue weighted by Crippen LogP contribution is -3.14. The monoisotopic (exact) mass is 396 g/mol. The highest BCUT2D eigenvalue weighted by Crippen LogP contribution is 2.14. The maximum atomic E-state index is 12.6. The zero-order valence-corrected chi connectivity index (χ0v) is 18.0. The number of amides is 2. The molecule has 29 heavy (non-hydrogen) atoms. The fourth-order valence-electron chi connectivity index (χ4n) is 3.37. The molecule has 0 aliphatic carbocycles. The second kappa shape index (κ2) is 11.4. The summed E-state index contributed by atoms with van der Waals surface area (Å²) >= 11 is 0. The molecular formula is C24H34N3O2+. The summed E-state index contributed by atoms with van der Waals surface area (Å²) in [5.41, 5.74) is 4.22. The molecule has 5 heteroatoms. The first-order valence-corrected chi connectivity index (χ1v) is 10.5. The van der Waals surface area contributed by atoms with Crippen LogP contribution in [0.1, 0.15) is 49.9 Å². The fourth-order valence-corrected chi connectivity index (χ4v) is 3.37. The van der Waals surface area contributed by atoms with Gasteiger partial charge in [0.1, 0.15) is 0 Å². The number of aryl methyl sites for hydroxylation is 2. The quantitative estimate of drug-likeness (QED) is 0.578. The molecule has 0 saturated carbocycles. The summed E-state index contributed by atoms with van der Waals surface area (Å²) < 4.78 is 0. The van der Waals surface area contributed by atoms with Crippen molar-refractivity contribution in [3.8, 4) is 0 Å². The third-order valence-corrected chi connectivity index (χ3v) is 5.11. The molecule has 2 aromatic carbocycles. The van der Waals surface area contributed by atoms with Gasteiger partial charge < -0.3 is 15.5 Å². The zero-order valence-electron chi connectivity index (χ0n) is 18.0. The molecule has 0 bridgehead atoms. The van der Waals surface area contributed by atoms with Gasteiger partial charge in [-0.25, -0.2) is 0 Å². The van der Waals surface area contributed by atoms with Gasteiger partial charge in [-0.3, -0.25) is 9.59 Å². The maximum Gasteiger partial charge on any atom is 0.279 e. The molecule has 2 amide bonds. The van der Waals surface area contributed by atoms with Crippen molar-refractivity contribution >= 4 is 17.5 Å². The first-order valence-electron chi connectivity index (χ1n) is 10.5. The molecule has 2 rings (SSSR count). The number of nitrogens with one attached hydrogen (secondary N) is 3. The summed E-state index contributed by atoms with van der Waals surface area (Å²) in [6.45, 7) is 9.47. The van der Waals surface area contributed by atoms with Crippen molar-refractivity contribution in [1.29, 1.82) is 0 Å².